The lowest BCUT2D eigenvalue weighted by Crippen LogP contribution is -1.89. The van der Waals surface area contributed by atoms with Crippen LogP contribution in [0.2, 0.25) is 0 Å². The molecule has 0 heterocycles. The zero-order chi connectivity index (χ0) is 15.1. The summed E-state index contributed by atoms with van der Waals surface area (Å²) in [4.78, 5) is 0. The Morgan fingerprint density at radius 3 is 2.15 bits per heavy atom. The summed E-state index contributed by atoms with van der Waals surface area (Å²) >= 11 is 0. The lowest BCUT2D eigenvalue weighted by molar-refractivity contribution is 0.439. The highest BCUT2D eigenvalue weighted by molar-refractivity contribution is 5.47. The van der Waals surface area contributed by atoms with Crippen molar-refractivity contribution in [3.8, 4) is 11.5 Å². The van der Waals surface area contributed by atoms with Gasteiger partial charge in [-0.3, -0.25) is 0 Å². The summed E-state index contributed by atoms with van der Waals surface area (Å²) < 4.78 is 0. The van der Waals surface area contributed by atoms with Crippen molar-refractivity contribution in [2.24, 2.45) is 0 Å². The number of hydrogen-bond acceptors (Lipinski definition) is 2. The predicted octanol–water partition coefficient (Wildman–Crippen LogP) is 4.90. The van der Waals surface area contributed by atoms with E-state index in [9.17, 15) is 10.2 Å². The topological polar surface area (TPSA) is 40.5 Å². The summed E-state index contributed by atoms with van der Waals surface area (Å²) in [6.45, 7) is 8.29. The maximum Gasteiger partial charge on any atom is 0.123 e. The van der Waals surface area contributed by atoms with Crippen molar-refractivity contribution in [1.29, 1.82) is 0 Å². The van der Waals surface area contributed by atoms with Crippen molar-refractivity contribution >= 4 is 0 Å². The zero-order valence-corrected chi connectivity index (χ0v) is 13.0. The zero-order valence-electron chi connectivity index (χ0n) is 13.0. The molecule has 0 aliphatic heterocycles. The maximum absolute atomic E-state index is 9.97. The van der Waals surface area contributed by atoms with E-state index in [0.717, 1.165) is 24.8 Å². The van der Waals surface area contributed by atoms with Crippen LogP contribution < -0.4 is 0 Å². The molecule has 0 saturated heterocycles. The third kappa shape index (κ3) is 5.12. The summed E-state index contributed by atoms with van der Waals surface area (Å²) in [6, 6.07) is 3.48. The molecule has 1 aromatic rings. The SMILES string of the molecule is CCc1cc(O)c(C/C=C(\C)CCC=C(C)C)c(O)c1. The van der Waals surface area contributed by atoms with Crippen LogP contribution in [0.15, 0.2) is 35.4 Å². The molecule has 0 amide bonds. The minimum absolute atomic E-state index is 0.190. The normalized spacial score (nSPS) is 11.5. The molecule has 20 heavy (non-hydrogen) atoms. The summed E-state index contributed by atoms with van der Waals surface area (Å²) in [5, 5.41) is 19.9. The molecule has 0 fully saturated rings. The average Bonchev–Trinajstić information content (AvgIpc) is 2.36. The van der Waals surface area contributed by atoms with E-state index in [1.54, 1.807) is 12.1 Å². The molecule has 2 N–H and O–H groups in total. The lowest BCUT2D eigenvalue weighted by atomic mass is 10.0. The van der Waals surface area contributed by atoms with E-state index < -0.39 is 0 Å². The molecule has 0 spiro atoms. The number of aryl methyl sites for hydroxylation is 1. The van der Waals surface area contributed by atoms with E-state index in [0.29, 0.717) is 12.0 Å². The number of benzene rings is 1. The highest BCUT2D eigenvalue weighted by Gasteiger charge is 2.08. The van der Waals surface area contributed by atoms with Crippen molar-refractivity contribution in [3.05, 3.63) is 46.6 Å². The van der Waals surface area contributed by atoms with Gasteiger partial charge in [-0.25, -0.2) is 0 Å². The first-order valence-electron chi connectivity index (χ1n) is 7.26. The maximum atomic E-state index is 9.97. The molecule has 0 atom stereocenters. The monoisotopic (exact) mass is 274 g/mol. The molecule has 0 bridgehead atoms. The van der Waals surface area contributed by atoms with Crippen LogP contribution in [0.3, 0.4) is 0 Å². The summed E-state index contributed by atoms with van der Waals surface area (Å²) in [5.74, 6) is 0.380. The van der Waals surface area contributed by atoms with E-state index in [1.807, 2.05) is 6.92 Å². The Balaban J connectivity index is 2.71. The minimum atomic E-state index is 0.190. The van der Waals surface area contributed by atoms with Gasteiger partial charge in [-0.2, -0.15) is 0 Å². The van der Waals surface area contributed by atoms with Crippen LogP contribution in [0.25, 0.3) is 0 Å². The van der Waals surface area contributed by atoms with Crippen molar-refractivity contribution in [1.82, 2.24) is 0 Å². The van der Waals surface area contributed by atoms with Gasteiger partial charge in [0.15, 0.2) is 0 Å². The van der Waals surface area contributed by atoms with Crippen molar-refractivity contribution < 1.29 is 10.2 Å². The molecule has 0 saturated carbocycles. The van der Waals surface area contributed by atoms with Gasteiger partial charge in [0.1, 0.15) is 11.5 Å². The van der Waals surface area contributed by atoms with Gasteiger partial charge in [0.25, 0.3) is 0 Å². The van der Waals surface area contributed by atoms with E-state index in [2.05, 4.69) is 32.9 Å². The smallest absolute Gasteiger partial charge is 0.123 e. The van der Waals surface area contributed by atoms with Crippen LogP contribution in [-0.2, 0) is 12.8 Å². The first-order chi connectivity index (χ1) is 9.43. The number of phenols is 2. The fourth-order valence-corrected chi connectivity index (χ4v) is 2.08. The molecule has 0 aromatic heterocycles. The number of aromatic hydroxyl groups is 2. The second kappa shape index (κ2) is 7.78. The molecule has 0 unspecified atom stereocenters. The Hall–Kier alpha value is -1.70. The van der Waals surface area contributed by atoms with Crippen LogP contribution in [0, 0.1) is 0 Å². The number of allylic oxidation sites excluding steroid dienone is 4. The molecule has 1 rings (SSSR count). The largest absolute Gasteiger partial charge is 0.508 e. The van der Waals surface area contributed by atoms with Crippen molar-refractivity contribution in [2.45, 2.75) is 53.4 Å². The number of phenolic OH excluding ortho intramolecular Hbond substituents is 2. The fourth-order valence-electron chi connectivity index (χ4n) is 2.08. The summed E-state index contributed by atoms with van der Waals surface area (Å²) in [5.41, 5.74) is 4.18. The van der Waals surface area contributed by atoms with Crippen molar-refractivity contribution in [2.75, 3.05) is 0 Å². The predicted molar refractivity (Wildman–Crippen MR) is 85.3 cm³/mol. The first-order valence-corrected chi connectivity index (χ1v) is 7.26. The third-order valence-corrected chi connectivity index (χ3v) is 3.42. The Morgan fingerprint density at radius 1 is 1.05 bits per heavy atom. The van der Waals surface area contributed by atoms with Crippen LogP contribution in [0.4, 0.5) is 0 Å². The standard InChI is InChI=1S/C18H26O2/c1-5-15-11-17(19)16(18(20)12-15)10-9-14(4)8-6-7-13(2)3/h7,9,11-12,19-20H,5-6,8,10H2,1-4H3/b14-9+. The highest BCUT2D eigenvalue weighted by atomic mass is 16.3. The second-order valence-electron chi connectivity index (χ2n) is 5.54. The molecule has 0 aliphatic carbocycles. The number of rotatable bonds is 6. The molecule has 1 aromatic carbocycles. The molecule has 0 radical (unpaired) electrons. The van der Waals surface area contributed by atoms with Crippen LogP contribution in [0.5, 0.6) is 11.5 Å². The Labute approximate surface area is 122 Å². The molecular weight excluding hydrogens is 248 g/mol. The van der Waals surface area contributed by atoms with Crippen LogP contribution in [0.1, 0.15) is 51.7 Å². The Morgan fingerprint density at radius 2 is 1.65 bits per heavy atom. The van der Waals surface area contributed by atoms with E-state index >= 15 is 0 Å². The Bertz CT molecular complexity index is 483. The summed E-state index contributed by atoms with van der Waals surface area (Å²) in [6.07, 6.45) is 7.74. The van der Waals surface area contributed by atoms with E-state index in [1.165, 1.54) is 11.1 Å². The molecule has 0 aliphatic rings. The first kappa shape index (κ1) is 16.4. The highest BCUT2D eigenvalue weighted by Crippen LogP contribution is 2.30. The van der Waals surface area contributed by atoms with Crippen LogP contribution >= 0.6 is 0 Å². The molecule has 110 valence electrons. The Kier molecular flexibility index (Phi) is 6.37. The van der Waals surface area contributed by atoms with Gasteiger partial charge in [0.2, 0.25) is 0 Å². The molecular formula is C18H26O2. The number of hydrogen-bond donors (Lipinski definition) is 2. The van der Waals surface area contributed by atoms with Gasteiger partial charge < -0.3 is 10.2 Å². The van der Waals surface area contributed by atoms with Gasteiger partial charge in [0, 0.05) is 5.56 Å². The second-order valence-corrected chi connectivity index (χ2v) is 5.54. The summed E-state index contributed by atoms with van der Waals surface area (Å²) in [7, 11) is 0. The minimum Gasteiger partial charge on any atom is -0.508 e. The van der Waals surface area contributed by atoms with E-state index in [-0.39, 0.29) is 11.5 Å². The van der Waals surface area contributed by atoms with Gasteiger partial charge in [-0.15, -0.1) is 0 Å². The molecule has 2 heteroatoms. The third-order valence-electron chi connectivity index (χ3n) is 3.42. The van der Waals surface area contributed by atoms with Gasteiger partial charge in [-0.1, -0.05) is 30.2 Å². The lowest BCUT2D eigenvalue weighted by Gasteiger charge is -2.08. The average molecular weight is 274 g/mol. The fraction of sp³-hybridized carbons (Fsp3) is 0.444. The van der Waals surface area contributed by atoms with Gasteiger partial charge >= 0.3 is 0 Å². The van der Waals surface area contributed by atoms with Crippen molar-refractivity contribution in [3.63, 3.8) is 0 Å². The van der Waals surface area contributed by atoms with Gasteiger partial charge in [0.05, 0.1) is 0 Å². The molecule has 2 nitrogen and oxygen atoms in total. The van der Waals surface area contributed by atoms with Gasteiger partial charge in [-0.05, 0) is 64.2 Å². The quantitative estimate of drug-likeness (QED) is 0.725. The van der Waals surface area contributed by atoms with Crippen LogP contribution in [-0.4, -0.2) is 10.2 Å². The van der Waals surface area contributed by atoms with E-state index in [4.69, 9.17) is 0 Å².